The molecule has 0 saturated heterocycles. The molecule has 6 heteroatoms. The quantitative estimate of drug-likeness (QED) is 0.685. The molecule has 0 radical (unpaired) electrons. The molecule has 0 aliphatic heterocycles. The van der Waals surface area contributed by atoms with Crippen molar-refractivity contribution in [2.24, 2.45) is 0 Å². The zero-order valence-corrected chi connectivity index (χ0v) is 15.1. The summed E-state index contributed by atoms with van der Waals surface area (Å²) in [5, 5.41) is 3.70. The average molecular weight is 368 g/mol. The summed E-state index contributed by atoms with van der Waals surface area (Å²) < 4.78 is 10.9. The monoisotopic (exact) mass is 367 g/mol. The van der Waals surface area contributed by atoms with Crippen LogP contribution in [-0.4, -0.2) is 19.6 Å². The van der Waals surface area contributed by atoms with E-state index >= 15 is 0 Å². The fourth-order valence-corrected chi connectivity index (χ4v) is 2.71. The van der Waals surface area contributed by atoms with Crippen molar-refractivity contribution in [2.45, 2.75) is 20.0 Å². The molecule has 0 spiro atoms. The van der Waals surface area contributed by atoms with E-state index in [4.69, 9.17) is 32.7 Å². The van der Waals surface area contributed by atoms with Crippen molar-refractivity contribution in [1.29, 1.82) is 0 Å². The largest absolute Gasteiger partial charge is 0.496 e. The summed E-state index contributed by atoms with van der Waals surface area (Å²) in [6, 6.07) is 10.1. The van der Waals surface area contributed by atoms with Crippen LogP contribution in [0.5, 0.6) is 5.75 Å². The van der Waals surface area contributed by atoms with Gasteiger partial charge in [-0.25, -0.2) is 0 Å². The maximum Gasteiger partial charge on any atom is 0.255 e. The Hall–Kier alpha value is -1.75. The summed E-state index contributed by atoms with van der Waals surface area (Å²) >= 11 is 11.9. The number of hydrogen-bond acceptors (Lipinski definition) is 3. The third kappa shape index (κ3) is 5.13. The van der Waals surface area contributed by atoms with Crippen LogP contribution in [0.4, 0.5) is 5.69 Å². The van der Waals surface area contributed by atoms with E-state index in [0.717, 1.165) is 12.0 Å². The van der Waals surface area contributed by atoms with E-state index < -0.39 is 0 Å². The van der Waals surface area contributed by atoms with Crippen LogP contribution in [-0.2, 0) is 11.3 Å². The Morgan fingerprint density at radius 2 is 1.83 bits per heavy atom. The molecule has 0 fully saturated rings. The Labute approximate surface area is 151 Å². The number of carbonyl (C=O) groups is 1. The molecule has 128 valence electrons. The molecular weight excluding hydrogens is 349 g/mol. The molecule has 0 heterocycles. The van der Waals surface area contributed by atoms with Crippen LogP contribution in [0.15, 0.2) is 36.4 Å². The van der Waals surface area contributed by atoms with E-state index in [-0.39, 0.29) is 5.91 Å². The van der Waals surface area contributed by atoms with Gasteiger partial charge in [0.15, 0.2) is 0 Å². The van der Waals surface area contributed by atoms with Crippen molar-refractivity contribution in [3.63, 3.8) is 0 Å². The second-order valence-electron chi connectivity index (χ2n) is 5.19. The summed E-state index contributed by atoms with van der Waals surface area (Å²) in [5.74, 6) is 0.432. The van der Waals surface area contributed by atoms with Crippen LogP contribution in [0.25, 0.3) is 0 Å². The Morgan fingerprint density at radius 1 is 1.12 bits per heavy atom. The second kappa shape index (κ2) is 8.92. The number of hydrogen-bond donors (Lipinski definition) is 1. The van der Waals surface area contributed by atoms with Gasteiger partial charge < -0.3 is 14.8 Å². The molecule has 0 aliphatic carbocycles. The maximum absolute atomic E-state index is 12.4. The van der Waals surface area contributed by atoms with Crippen LogP contribution < -0.4 is 10.1 Å². The van der Waals surface area contributed by atoms with Gasteiger partial charge in [-0.05, 0) is 42.8 Å². The zero-order chi connectivity index (χ0) is 17.5. The fourth-order valence-electron chi connectivity index (χ4n) is 2.19. The summed E-state index contributed by atoms with van der Waals surface area (Å²) in [6.07, 6.45) is 0.929. The Morgan fingerprint density at radius 3 is 2.46 bits per heavy atom. The standard InChI is InChI=1S/C18H19Cl2NO3/c1-3-6-24-11-13-7-12(4-5-17(13)23-2)18(22)21-16-9-14(19)8-15(20)10-16/h4-5,7-10H,3,6,11H2,1-2H3,(H,21,22). The normalized spacial score (nSPS) is 10.5. The number of rotatable bonds is 7. The minimum atomic E-state index is -0.257. The van der Waals surface area contributed by atoms with Gasteiger partial charge in [-0.1, -0.05) is 30.1 Å². The van der Waals surface area contributed by atoms with E-state index in [0.29, 0.717) is 40.3 Å². The Balaban J connectivity index is 2.17. The van der Waals surface area contributed by atoms with Crippen molar-refractivity contribution in [2.75, 3.05) is 19.0 Å². The van der Waals surface area contributed by atoms with E-state index in [1.54, 1.807) is 43.5 Å². The molecule has 4 nitrogen and oxygen atoms in total. The highest BCUT2D eigenvalue weighted by atomic mass is 35.5. The first-order valence-corrected chi connectivity index (χ1v) is 8.31. The van der Waals surface area contributed by atoms with E-state index in [9.17, 15) is 4.79 Å². The minimum absolute atomic E-state index is 0.257. The number of ether oxygens (including phenoxy) is 2. The van der Waals surface area contributed by atoms with Gasteiger partial charge in [0.25, 0.3) is 5.91 Å². The highest BCUT2D eigenvalue weighted by Gasteiger charge is 2.11. The number of anilines is 1. The highest BCUT2D eigenvalue weighted by molar-refractivity contribution is 6.35. The average Bonchev–Trinajstić information content (AvgIpc) is 2.54. The first kappa shape index (κ1) is 18.6. The number of methoxy groups -OCH3 is 1. The fraction of sp³-hybridized carbons (Fsp3) is 0.278. The molecule has 1 N–H and O–H groups in total. The topological polar surface area (TPSA) is 47.6 Å². The number of amides is 1. The molecule has 0 saturated carbocycles. The predicted molar refractivity (Wildman–Crippen MR) is 97.4 cm³/mol. The van der Waals surface area contributed by atoms with Crippen LogP contribution in [0.3, 0.4) is 0 Å². The van der Waals surface area contributed by atoms with Gasteiger partial charge in [0, 0.05) is 33.5 Å². The molecule has 0 aromatic heterocycles. The maximum atomic E-state index is 12.4. The lowest BCUT2D eigenvalue weighted by molar-refractivity contribution is 0.102. The molecule has 0 aliphatic rings. The molecule has 2 aromatic rings. The summed E-state index contributed by atoms with van der Waals surface area (Å²) in [6.45, 7) is 3.08. The van der Waals surface area contributed by atoms with Crippen molar-refractivity contribution in [1.82, 2.24) is 0 Å². The number of benzene rings is 2. The molecule has 1 amide bonds. The predicted octanol–water partition coefficient (Wildman–Crippen LogP) is 5.18. The number of nitrogens with one attached hydrogen (secondary N) is 1. The smallest absolute Gasteiger partial charge is 0.255 e. The van der Waals surface area contributed by atoms with E-state index in [1.165, 1.54) is 0 Å². The first-order chi connectivity index (χ1) is 11.5. The van der Waals surface area contributed by atoms with Crippen molar-refractivity contribution in [3.8, 4) is 5.75 Å². The number of halogens is 2. The summed E-state index contributed by atoms with van der Waals surface area (Å²) in [5.41, 5.74) is 1.86. The van der Waals surface area contributed by atoms with Gasteiger partial charge in [-0.15, -0.1) is 0 Å². The van der Waals surface area contributed by atoms with Crippen LogP contribution >= 0.6 is 23.2 Å². The SMILES string of the molecule is CCCOCc1cc(C(=O)Nc2cc(Cl)cc(Cl)c2)ccc1OC. The third-order valence-corrected chi connectivity index (χ3v) is 3.71. The van der Waals surface area contributed by atoms with Crippen LogP contribution in [0.2, 0.25) is 10.0 Å². The molecule has 0 unspecified atom stereocenters. The molecule has 2 aromatic carbocycles. The molecule has 0 atom stereocenters. The van der Waals surface area contributed by atoms with Crippen molar-refractivity contribution in [3.05, 3.63) is 57.6 Å². The van der Waals surface area contributed by atoms with Crippen molar-refractivity contribution < 1.29 is 14.3 Å². The van der Waals surface area contributed by atoms with Gasteiger partial charge >= 0.3 is 0 Å². The van der Waals surface area contributed by atoms with Gasteiger partial charge in [-0.2, -0.15) is 0 Å². The van der Waals surface area contributed by atoms with Crippen LogP contribution in [0, 0.1) is 0 Å². The molecular formula is C18H19Cl2NO3. The van der Waals surface area contributed by atoms with Crippen LogP contribution in [0.1, 0.15) is 29.3 Å². The summed E-state index contributed by atoms with van der Waals surface area (Å²) in [4.78, 5) is 12.4. The zero-order valence-electron chi connectivity index (χ0n) is 13.6. The highest BCUT2D eigenvalue weighted by Crippen LogP contribution is 2.24. The van der Waals surface area contributed by atoms with E-state index in [2.05, 4.69) is 5.32 Å². The van der Waals surface area contributed by atoms with Gasteiger partial charge in [-0.3, -0.25) is 4.79 Å². The Kier molecular flexibility index (Phi) is 6.91. The number of carbonyl (C=O) groups excluding carboxylic acids is 1. The lowest BCUT2D eigenvalue weighted by Gasteiger charge is -2.12. The molecule has 2 rings (SSSR count). The third-order valence-electron chi connectivity index (χ3n) is 3.27. The second-order valence-corrected chi connectivity index (χ2v) is 6.06. The van der Waals surface area contributed by atoms with Gasteiger partial charge in [0.05, 0.1) is 13.7 Å². The summed E-state index contributed by atoms with van der Waals surface area (Å²) in [7, 11) is 1.59. The van der Waals surface area contributed by atoms with Crippen molar-refractivity contribution >= 4 is 34.8 Å². The lowest BCUT2D eigenvalue weighted by Crippen LogP contribution is -2.12. The minimum Gasteiger partial charge on any atom is -0.496 e. The lowest BCUT2D eigenvalue weighted by atomic mass is 10.1. The van der Waals surface area contributed by atoms with E-state index in [1.807, 2.05) is 6.92 Å². The molecule has 0 bridgehead atoms. The van der Waals surface area contributed by atoms with Gasteiger partial charge in [0.2, 0.25) is 0 Å². The Bertz CT molecular complexity index is 699. The first-order valence-electron chi connectivity index (χ1n) is 7.55. The molecule has 24 heavy (non-hydrogen) atoms. The van der Waals surface area contributed by atoms with Gasteiger partial charge in [0.1, 0.15) is 5.75 Å².